The first-order valence-electron chi connectivity index (χ1n) is 10.8. The number of rotatable bonds is 14. The van der Waals surface area contributed by atoms with Crippen molar-refractivity contribution in [1.29, 1.82) is 0 Å². The summed E-state index contributed by atoms with van der Waals surface area (Å²) in [6.07, 6.45) is 0. The second kappa shape index (κ2) is 11.0. The Kier molecular flexibility index (Phi) is 11.4. The fourth-order valence-corrected chi connectivity index (χ4v) is 27.5. The smallest absolute Gasteiger partial charge is 0.417 e. The lowest BCUT2D eigenvalue weighted by Crippen LogP contribution is -2.70. The van der Waals surface area contributed by atoms with Gasteiger partial charge in [0.2, 0.25) is 0 Å². The van der Waals surface area contributed by atoms with Gasteiger partial charge in [-0.05, 0) is 78.6 Å². The van der Waals surface area contributed by atoms with Gasteiger partial charge in [0.15, 0.2) is 33.3 Å². The normalized spacial score (nSPS) is 21.6. The van der Waals surface area contributed by atoms with Gasteiger partial charge in [0.05, 0.1) is 0 Å². The van der Waals surface area contributed by atoms with Gasteiger partial charge in [-0.3, -0.25) is 0 Å². The van der Waals surface area contributed by atoms with Gasteiger partial charge in [-0.2, -0.15) is 0 Å². The first-order valence-corrected chi connectivity index (χ1v) is 32.3. The summed E-state index contributed by atoms with van der Waals surface area (Å²) in [6.45, 7) is 24.6. The summed E-state index contributed by atoms with van der Waals surface area (Å²) in [4.78, 5) is 44.5. The summed E-state index contributed by atoms with van der Waals surface area (Å²) in [5.41, 5.74) is 0. The highest BCUT2D eigenvalue weighted by Crippen LogP contribution is 2.28. The Labute approximate surface area is 208 Å². The Hall–Kier alpha value is 1.30. The molecule has 0 fully saturated rings. The summed E-state index contributed by atoms with van der Waals surface area (Å²) in [5.74, 6) is 0. The molecule has 0 aromatic rings. The average Bonchev–Trinajstić information content (AvgIpc) is 2.20. The lowest BCUT2D eigenvalue weighted by molar-refractivity contribution is 0.0318. The van der Waals surface area contributed by atoms with Crippen LogP contribution in [-0.2, 0) is 28.8 Å². The third-order valence-electron chi connectivity index (χ3n) is 2.76. The van der Waals surface area contributed by atoms with Crippen LogP contribution in [0.5, 0.6) is 0 Å². The van der Waals surface area contributed by atoms with Crippen molar-refractivity contribution in [3.05, 3.63) is 0 Å². The van der Waals surface area contributed by atoms with Gasteiger partial charge in [0.1, 0.15) is 0 Å². The Morgan fingerprint density at radius 2 is 0.515 bits per heavy atom. The Morgan fingerprint density at radius 1 is 0.303 bits per heavy atom. The van der Waals surface area contributed by atoms with Crippen LogP contribution in [0.4, 0.5) is 0 Å². The van der Waals surface area contributed by atoms with E-state index >= 15 is 0 Å². The molecule has 0 aliphatic heterocycles. The van der Waals surface area contributed by atoms with E-state index in [4.69, 9.17) is 28.8 Å². The van der Waals surface area contributed by atoms with E-state index in [0.717, 1.165) is 0 Å². The molecule has 33 heavy (non-hydrogen) atoms. The molecule has 4 unspecified atom stereocenters. The molecule has 0 radical (unpaired) electrons. The third-order valence-corrected chi connectivity index (χ3v) is 24.8. The van der Waals surface area contributed by atoms with Crippen LogP contribution in [0, 0.1) is 0 Å². The molecular formula is C14H46O11Si8. The van der Waals surface area contributed by atoms with Crippen LogP contribution in [0.15, 0.2) is 0 Å². The molecule has 0 bridgehead atoms. The van der Waals surface area contributed by atoms with E-state index in [-0.39, 0.29) is 0 Å². The molecule has 0 heterocycles. The van der Waals surface area contributed by atoms with E-state index in [0.29, 0.717) is 0 Å². The van der Waals surface area contributed by atoms with Crippen molar-refractivity contribution >= 4 is 69.0 Å². The van der Waals surface area contributed by atoms with Crippen LogP contribution in [0.3, 0.4) is 0 Å². The molecule has 4 atom stereocenters. The van der Waals surface area contributed by atoms with Crippen molar-refractivity contribution < 1.29 is 48.0 Å². The van der Waals surface area contributed by atoms with Crippen LogP contribution in [-0.4, -0.2) is 88.2 Å². The van der Waals surface area contributed by atoms with E-state index in [2.05, 4.69) is 0 Å². The maximum atomic E-state index is 11.4. The summed E-state index contributed by atoms with van der Waals surface area (Å²) in [6, 6.07) is 0. The van der Waals surface area contributed by atoms with E-state index in [1.54, 1.807) is 39.3 Å². The van der Waals surface area contributed by atoms with Crippen LogP contribution >= 0.6 is 0 Å². The summed E-state index contributed by atoms with van der Waals surface area (Å²) >= 11 is 0. The van der Waals surface area contributed by atoms with Crippen LogP contribution in [0.1, 0.15) is 0 Å². The van der Waals surface area contributed by atoms with Crippen LogP contribution in [0.25, 0.3) is 0 Å². The third kappa shape index (κ3) is 17.4. The highest BCUT2D eigenvalue weighted by molar-refractivity contribution is 6.89. The molecule has 0 aromatic carbocycles. The predicted octanol–water partition coefficient (Wildman–Crippen LogP) is 2.42. The van der Waals surface area contributed by atoms with E-state index in [1.165, 1.54) is 13.1 Å². The maximum Gasteiger partial charge on any atom is 0.652 e. The van der Waals surface area contributed by atoms with Crippen LogP contribution in [0.2, 0.25) is 91.7 Å². The van der Waals surface area contributed by atoms with E-state index < -0.39 is 69.0 Å². The van der Waals surface area contributed by atoms with Crippen molar-refractivity contribution in [1.82, 2.24) is 0 Å². The SMILES string of the molecule is C[Si](C)(C)O[Si](C)(O)O[Si](O)(O[Si](C)(C)C)O[Si](O)(O[Si](C)(C)C)O[Si](C)(O)O[Si](C)(C)C. The average molecular weight is 615 g/mol. The Balaban J connectivity index is 6.27. The second-order valence-corrected chi connectivity index (χ2v) is 40.3. The van der Waals surface area contributed by atoms with E-state index in [1.807, 2.05) is 39.3 Å². The molecule has 0 aliphatic rings. The van der Waals surface area contributed by atoms with Gasteiger partial charge in [-0.25, -0.2) is 0 Å². The van der Waals surface area contributed by atoms with Crippen molar-refractivity contribution in [3.63, 3.8) is 0 Å². The van der Waals surface area contributed by atoms with Gasteiger partial charge in [-0.1, -0.05) is 0 Å². The molecule has 200 valence electrons. The maximum absolute atomic E-state index is 11.4. The van der Waals surface area contributed by atoms with Gasteiger partial charge < -0.3 is 48.0 Å². The standard InChI is InChI=1S/C14H46O11Si8/c1-26(2,3)19-30(13,15)23-32(17,21-28(7,8)9)25-33(18,22-29(10,11)12)24-31(14,16)20-27(4,5)6/h15-18H,1-14H3. The van der Waals surface area contributed by atoms with Crippen LogP contribution < -0.4 is 0 Å². The quantitative estimate of drug-likeness (QED) is 0.214. The highest BCUT2D eigenvalue weighted by atomic mass is 28.6. The van der Waals surface area contributed by atoms with Crippen molar-refractivity contribution in [2.75, 3.05) is 0 Å². The topological polar surface area (TPSA) is 146 Å². The monoisotopic (exact) mass is 614 g/mol. The molecule has 0 saturated carbocycles. The fraction of sp³-hybridized carbons (Fsp3) is 1.00. The zero-order chi connectivity index (χ0) is 26.9. The Bertz CT molecular complexity index is 587. The highest BCUT2D eigenvalue weighted by Gasteiger charge is 2.64. The molecule has 0 aliphatic carbocycles. The Morgan fingerprint density at radius 3 is 0.697 bits per heavy atom. The summed E-state index contributed by atoms with van der Waals surface area (Å²) in [7, 11) is -27.1. The lowest BCUT2D eigenvalue weighted by Gasteiger charge is -2.41. The largest absolute Gasteiger partial charge is 0.652 e. The van der Waals surface area contributed by atoms with E-state index in [9.17, 15) is 19.2 Å². The molecular weight excluding hydrogens is 569 g/mol. The number of hydrogen-bond donors (Lipinski definition) is 4. The molecule has 0 spiro atoms. The first-order chi connectivity index (χ1) is 13.9. The molecule has 0 aromatic heterocycles. The molecule has 19 heteroatoms. The predicted molar refractivity (Wildman–Crippen MR) is 145 cm³/mol. The second-order valence-electron chi connectivity index (χ2n) is 12.0. The van der Waals surface area contributed by atoms with Gasteiger partial charge in [0.25, 0.3) is 0 Å². The molecule has 0 saturated heterocycles. The summed E-state index contributed by atoms with van der Waals surface area (Å²) in [5, 5.41) is 0. The van der Waals surface area contributed by atoms with Gasteiger partial charge >= 0.3 is 35.7 Å². The minimum Gasteiger partial charge on any atom is -0.417 e. The first kappa shape index (κ1) is 34.3. The molecule has 0 amide bonds. The fourth-order valence-electron chi connectivity index (χ4n) is 2.72. The van der Waals surface area contributed by atoms with Gasteiger partial charge in [-0.15, -0.1) is 0 Å². The zero-order valence-electron chi connectivity index (χ0n) is 22.6. The molecule has 0 rings (SSSR count). The lowest BCUT2D eigenvalue weighted by atomic mass is 11.8. The number of hydrogen-bond acceptors (Lipinski definition) is 11. The summed E-state index contributed by atoms with van der Waals surface area (Å²) < 4.78 is 40.1. The molecule has 11 nitrogen and oxygen atoms in total. The van der Waals surface area contributed by atoms with Crippen molar-refractivity contribution in [3.8, 4) is 0 Å². The minimum atomic E-state index is -4.79. The van der Waals surface area contributed by atoms with Gasteiger partial charge in [0, 0.05) is 13.1 Å². The molecule has 4 N–H and O–H groups in total. The zero-order valence-corrected chi connectivity index (χ0v) is 30.6. The minimum absolute atomic E-state index is 1.35. The van der Waals surface area contributed by atoms with Crippen molar-refractivity contribution in [2.45, 2.75) is 91.7 Å². The van der Waals surface area contributed by atoms with Crippen molar-refractivity contribution in [2.24, 2.45) is 0 Å².